The number of hydrogen-bond acceptors (Lipinski definition) is 4. The van der Waals surface area contributed by atoms with Crippen LogP contribution in [0.2, 0.25) is 0 Å². The molecule has 0 N–H and O–H groups in total. The molecule has 5 nitrogen and oxygen atoms in total. The van der Waals surface area contributed by atoms with Crippen LogP contribution in [-0.2, 0) is 7.05 Å². The molecule has 12 heavy (non-hydrogen) atoms. The number of ether oxygens (including phenoxy) is 1. The first kappa shape index (κ1) is 8.70. The molecule has 0 saturated carbocycles. The van der Waals surface area contributed by atoms with Gasteiger partial charge in [0.25, 0.3) is 0 Å². The molecule has 0 radical (unpaired) electrons. The van der Waals surface area contributed by atoms with Crippen molar-refractivity contribution in [1.29, 1.82) is 0 Å². The molecule has 0 fully saturated rings. The van der Waals surface area contributed by atoms with Gasteiger partial charge in [0.15, 0.2) is 12.1 Å². The second-order valence-electron chi connectivity index (χ2n) is 2.66. The molecular formula is C7H11N3O2. The summed E-state index contributed by atoms with van der Waals surface area (Å²) in [5, 5.41) is 3.87. The average Bonchev–Trinajstić information content (AvgIpc) is 2.29. The van der Waals surface area contributed by atoms with Gasteiger partial charge in [-0.3, -0.25) is 4.79 Å². The second-order valence-corrected chi connectivity index (χ2v) is 2.66. The third-order valence-electron chi connectivity index (χ3n) is 1.22. The zero-order valence-electron chi connectivity index (χ0n) is 7.31. The lowest BCUT2D eigenvalue weighted by molar-refractivity contribution is 0.111. The van der Waals surface area contributed by atoms with E-state index < -0.39 is 0 Å². The lowest BCUT2D eigenvalue weighted by Gasteiger charge is -2.02. The second kappa shape index (κ2) is 3.34. The highest BCUT2D eigenvalue weighted by molar-refractivity contribution is 5.68. The smallest absolute Gasteiger partial charge is 0.336 e. The normalized spacial score (nSPS) is 10.3. The van der Waals surface area contributed by atoms with E-state index in [9.17, 15) is 4.79 Å². The van der Waals surface area contributed by atoms with Crippen LogP contribution in [0.3, 0.4) is 0 Å². The average molecular weight is 169 g/mol. The van der Waals surface area contributed by atoms with Crippen LogP contribution in [0.25, 0.3) is 0 Å². The van der Waals surface area contributed by atoms with Crippen LogP contribution in [0, 0.1) is 0 Å². The van der Waals surface area contributed by atoms with Gasteiger partial charge in [-0.15, -0.1) is 5.10 Å². The molecule has 66 valence electrons. The van der Waals surface area contributed by atoms with Crippen molar-refractivity contribution >= 4 is 6.29 Å². The highest BCUT2D eigenvalue weighted by Crippen LogP contribution is 2.04. The minimum absolute atomic E-state index is 0.0203. The minimum Gasteiger partial charge on any atom is -0.460 e. The Morgan fingerprint density at radius 3 is 2.67 bits per heavy atom. The fourth-order valence-electron chi connectivity index (χ4n) is 0.736. The van der Waals surface area contributed by atoms with Crippen molar-refractivity contribution in [3.63, 3.8) is 0 Å². The van der Waals surface area contributed by atoms with Gasteiger partial charge in [0.1, 0.15) is 0 Å². The summed E-state index contributed by atoms with van der Waals surface area (Å²) in [6, 6.07) is 0.245. The van der Waals surface area contributed by atoms with Crippen LogP contribution in [-0.4, -0.2) is 27.2 Å². The van der Waals surface area contributed by atoms with Crippen LogP contribution < -0.4 is 4.74 Å². The van der Waals surface area contributed by atoms with Crippen LogP contribution in [0.1, 0.15) is 24.5 Å². The molecule has 0 unspecified atom stereocenters. The number of aromatic nitrogens is 3. The van der Waals surface area contributed by atoms with E-state index in [1.54, 1.807) is 7.05 Å². The zero-order valence-corrected chi connectivity index (χ0v) is 7.31. The number of rotatable bonds is 3. The van der Waals surface area contributed by atoms with Crippen molar-refractivity contribution < 1.29 is 9.53 Å². The van der Waals surface area contributed by atoms with Crippen LogP contribution in [0.5, 0.6) is 6.01 Å². The van der Waals surface area contributed by atoms with Gasteiger partial charge in [0.2, 0.25) is 0 Å². The molecule has 0 aliphatic heterocycles. The van der Waals surface area contributed by atoms with E-state index in [1.807, 2.05) is 13.8 Å². The van der Waals surface area contributed by atoms with Gasteiger partial charge >= 0.3 is 6.01 Å². The molecule has 0 saturated heterocycles. The summed E-state index contributed by atoms with van der Waals surface area (Å²) in [5.41, 5.74) is 0. The van der Waals surface area contributed by atoms with Gasteiger partial charge in [-0.25, -0.2) is 4.68 Å². The molecule has 1 aromatic rings. The quantitative estimate of drug-likeness (QED) is 0.615. The summed E-state index contributed by atoms with van der Waals surface area (Å²) in [7, 11) is 1.64. The SMILES string of the molecule is CC(C)Oc1nc(C=O)n(C)n1. The summed E-state index contributed by atoms with van der Waals surface area (Å²) in [4.78, 5) is 14.2. The van der Waals surface area contributed by atoms with E-state index in [1.165, 1.54) is 4.68 Å². The zero-order chi connectivity index (χ0) is 9.14. The number of hydrogen-bond donors (Lipinski definition) is 0. The molecule has 0 bridgehead atoms. The maximum absolute atomic E-state index is 10.3. The van der Waals surface area contributed by atoms with Crippen molar-refractivity contribution in [2.45, 2.75) is 20.0 Å². The van der Waals surface area contributed by atoms with Crippen LogP contribution in [0.4, 0.5) is 0 Å². The van der Waals surface area contributed by atoms with E-state index in [0.29, 0.717) is 6.29 Å². The van der Waals surface area contributed by atoms with E-state index in [-0.39, 0.29) is 17.9 Å². The van der Waals surface area contributed by atoms with Crippen molar-refractivity contribution in [3.8, 4) is 6.01 Å². The molecule has 0 aliphatic carbocycles. The fourth-order valence-corrected chi connectivity index (χ4v) is 0.736. The van der Waals surface area contributed by atoms with Crippen molar-refractivity contribution in [1.82, 2.24) is 14.8 Å². The van der Waals surface area contributed by atoms with Gasteiger partial charge in [-0.2, -0.15) is 4.98 Å². The van der Waals surface area contributed by atoms with Crippen molar-refractivity contribution in [2.75, 3.05) is 0 Å². The Labute approximate surface area is 70.4 Å². The number of nitrogens with zero attached hydrogens (tertiary/aromatic N) is 3. The number of aldehydes is 1. The molecule has 1 aromatic heterocycles. The molecule has 0 aliphatic rings. The summed E-state index contributed by atoms with van der Waals surface area (Å²) in [5.74, 6) is 0.269. The topological polar surface area (TPSA) is 57.0 Å². The van der Waals surface area contributed by atoms with Crippen molar-refractivity contribution in [2.24, 2.45) is 7.05 Å². The third kappa shape index (κ3) is 1.81. The van der Waals surface area contributed by atoms with Gasteiger partial charge in [-0.1, -0.05) is 0 Å². The van der Waals surface area contributed by atoms with Gasteiger partial charge in [0, 0.05) is 7.05 Å². The molecule has 5 heteroatoms. The van der Waals surface area contributed by atoms with E-state index in [2.05, 4.69) is 10.1 Å². The number of carbonyl (C=O) groups excluding carboxylic acids is 1. The third-order valence-corrected chi connectivity index (χ3v) is 1.22. The maximum Gasteiger partial charge on any atom is 0.336 e. The number of carbonyl (C=O) groups is 1. The number of aryl methyl sites for hydroxylation is 1. The van der Waals surface area contributed by atoms with Crippen LogP contribution in [0.15, 0.2) is 0 Å². The molecule has 0 spiro atoms. The van der Waals surface area contributed by atoms with Gasteiger partial charge in [0.05, 0.1) is 6.10 Å². The molecule has 0 aromatic carbocycles. The van der Waals surface area contributed by atoms with Gasteiger partial charge < -0.3 is 4.74 Å². The molecular weight excluding hydrogens is 158 g/mol. The minimum atomic E-state index is 0.0203. The molecule has 1 heterocycles. The highest BCUT2D eigenvalue weighted by Gasteiger charge is 2.07. The molecule has 0 atom stereocenters. The Bertz CT molecular complexity index is 280. The lowest BCUT2D eigenvalue weighted by Crippen LogP contribution is -2.06. The van der Waals surface area contributed by atoms with Crippen molar-refractivity contribution in [3.05, 3.63) is 5.82 Å². The monoisotopic (exact) mass is 169 g/mol. The Kier molecular flexibility index (Phi) is 2.42. The summed E-state index contributed by atoms with van der Waals surface area (Å²) < 4.78 is 6.56. The predicted molar refractivity (Wildman–Crippen MR) is 42.2 cm³/mol. The first-order valence-corrected chi connectivity index (χ1v) is 3.66. The Balaban J connectivity index is 2.82. The maximum atomic E-state index is 10.3. The summed E-state index contributed by atoms with van der Waals surface area (Å²) in [6.07, 6.45) is 0.659. The summed E-state index contributed by atoms with van der Waals surface area (Å²) >= 11 is 0. The Morgan fingerprint density at radius 2 is 2.25 bits per heavy atom. The highest BCUT2D eigenvalue weighted by atomic mass is 16.5. The fraction of sp³-hybridized carbons (Fsp3) is 0.571. The van der Waals surface area contributed by atoms with E-state index >= 15 is 0 Å². The Morgan fingerprint density at radius 1 is 1.58 bits per heavy atom. The van der Waals surface area contributed by atoms with Gasteiger partial charge in [-0.05, 0) is 13.8 Å². The predicted octanol–water partition coefficient (Wildman–Crippen LogP) is 0.415. The van der Waals surface area contributed by atoms with Crippen LogP contribution >= 0.6 is 0 Å². The first-order valence-electron chi connectivity index (χ1n) is 3.66. The molecule has 1 rings (SSSR count). The summed E-state index contributed by atoms with van der Waals surface area (Å²) in [6.45, 7) is 3.74. The first-order chi connectivity index (χ1) is 5.63. The van der Waals surface area contributed by atoms with E-state index in [4.69, 9.17) is 4.74 Å². The lowest BCUT2D eigenvalue weighted by atomic mass is 10.5. The largest absolute Gasteiger partial charge is 0.460 e. The van der Waals surface area contributed by atoms with E-state index in [0.717, 1.165) is 0 Å². The Hall–Kier alpha value is -1.39. The standard InChI is InChI=1S/C7H11N3O2/c1-5(2)12-7-8-6(4-11)10(3)9-7/h4-5H,1-3H3. The molecule has 0 amide bonds.